The lowest BCUT2D eigenvalue weighted by Gasteiger charge is -2.22. The number of benzene rings is 2. The molecule has 0 radical (unpaired) electrons. The molecule has 0 aliphatic heterocycles. The van der Waals surface area contributed by atoms with E-state index in [-0.39, 0.29) is 18.0 Å². The monoisotopic (exact) mass is 370 g/mol. The lowest BCUT2D eigenvalue weighted by atomic mass is 10.0. The Morgan fingerprint density at radius 3 is 2.52 bits per heavy atom. The third kappa shape index (κ3) is 4.69. The average Bonchev–Trinajstić information content (AvgIpc) is 3.14. The van der Waals surface area contributed by atoms with Crippen LogP contribution in [0.3, 0.4) is 0 Å². The van der Waals surface area contributed by atoms with Crippen molar-refractivity contribution < 1.29 is 4.79 Å². The van der Waals surface area contributed by atoms with Crippen molar-refractivity contribution in [2.45, 2.75) is 19.0 Å². The smallest absolute Gasteiger partial charge is 0.241 e. The van der Waals surface area contributed by atoms with Crippen LogP contribution in [0.4, 0.5) is 5.69 Å². The summed E-state index contributed by atoms with van der Waals surface area (Å²) in [4.78, 5) is 13.7. The molecule has 1 amide bonds. The van der Waals surface area contributed by atoms with Gasteiger partial charge in [-0.25, -0.2) is 0 Å². The molecule has 0 fully saturated rings. The fourth-order valence-electron chi connectivity index (χ4n) is 2.59. The number of carbonyl (C=O) groups excluding carboxylic acids is 1. The number of rotatable bonds is 6. The number of carbonyl (C=O) groups is 1. The first kappa shape index (κ1) is 17.7. The van der Waals surface area contributed by atoms with Crippen molar-refractivity contribution in [3.8, 4) is 0 Å². The van der Waals surface area contributed by atoms with Crippen molar-refractivity contribution in [3.63, 3.8) is 0 Å². The van der Waals surface area contributed by atoms with E-state index in [1.807, 2.05) is 48.7 Å². The largest absolute Gasteiger partial charge is 0.325 e. The molecular formula is C20H19ClN2OS. The van der Waals surface area contributed by atoms with Crippen molar-refractivity contribution in [1.82, 2.24) is 5.32 Å². The van der Waals surface area contributed by atoms with E-state index in [0.29, 0.717) is 10.7 Å². The molecule has 2 aromatic carbocycles. The Labute approximate surface area is 156 Å². The predicted molar refractivity (Wildman–Crippen MR) is 105 cm³/mol. The molecule has 0 saturated carbocycles. The maximum Gasteiger partial charge on any atom is 0.241 e. The van der Waals surface area contributed by atoms with Crippen molar-refractivity contribution in [2.75, 3.05) is 5.32 Å². The van der Waals surface area contributed by atoms with Gasteiger partial charge in [0.25, 0.3) is 0 Å². The van der Waals surface area contributed by atoms with E-state index < -0.39 is 0 Å². The third-order valence-corrected chi connectivity index (χ3v) is 5.03. The second-order valence-electron chi connectivity index (χ2n) is 5.75. The van der Waals surface area contributed by atoms with Gasteiger partial charge in [0.05, 0.1) is 12.1 Å². The highest BCUT2D eigenvalue weighted by Gasteiger charge is 2.21. The summed E-state index contributed by atoms with van der Waals surface area (Å²) in [5, 5.41) is 8.98. The van der Waals surface area contributed by atoms with Crippen LogP contribution < -0.4 is 10.6 Å². The Bertz CT molecular complexity index is 821. The predicted octanol–water partition coefficient (Wildman–Crippen LogP) is 5.11. The average molecular weight is 371 g/mol. The molecule has 0 spiro atoms. The van der Waals surface area contributed by atoms with E-state index in [2.05, 4.69) is 28.8 Å². The molecule has 25 heavy (non-hydrogen) atoms. The van der Waals surface area contributed by atoms with Gasteiger partial charge in [0.2, 0.25) is 5.91 Å². The molecule has 0 bridgehead atoms. The highest BCUT2D eigenvalue weighted by molar-refractivity contribution is 7.10. The number of nitrogens with one attached hydrogen (secondary N) is 2. The van der Waals surface area contributed by atoms with Crippen LogP contribution in [-0.2, 0) is 4.79 Å². The van der Waals surface area contributed by atoms with Crippen LogP contribution in [-0.4, -0.2) is 11.9 Å². The Kier molecular flexibility index (Phi) is 5.87. The Hall–Kier alpha value is -2.14. The first-order chi connectivity index (χ1) is 12.1. The third-order valence-electron chi connectivity index (χ3n) is 3.86. The van der Waals surface area contributed by atoms with Gasteiger partial charge >= 0.3 is 0 Å². The summed E-state index contributed by atoms with van der Waals surface area (Å²) < 4.78 is 0. The van der Waals surface area contributed by atoms with E-state index in [1.165, 1.54) is 4.88 Å². The summed E-state index contributed by atoms with van der Waals surface area (Å²) in [6.07, 6.45) is 0. The van der Waals surface area contributed by atoms with Crippen LogP contribution in [0.15, 0.2) is 72.1 Å². The molecular weight excluding hydrogens is 352 g/mol. The van der Waals surface area contributed by atoms with Crippen LogP contribution in [0.1, 0.15) is 23.4 Å². The summed E-state index contributed by atoms with van der Waals surface area (Å²) in [6, 6.07) is 21.0. The van der Waals surface area contributed by atoms with Gasteiger partial charge in [0.15, 0.2) is 0 Å². The van der Waals surface area contributed by atoms with Crippen LogP contribution in [0.5, 0.6) is 0 Å². The fourth-order valence-corrected chi connectivity index (χ4v) is 3.59. The van der Waals surface area contributed by atoms with Gasteiger partial charge in [0.1, 0.15) is 0 Å². The molecule has 3 nitrogen and oxygen atoms in total. The molecule has 2 atom stereocenters. The Balaban J connectivity index is 1.74. The summed E-state index contributed by atoms with van der Waals surface area (Å²) in [6.45, 7) is 1.86. The zero-order chi connectivity index (χ0) is 17.6. The van der Waals surface area contributed by atoms with Gasteiger partial charge in [-0.2, -0.15) is 0 Å². The molecule has 5 heteroatoms. The van der Waals surface area contributed by atoms with Gasteiger partial charge in [-0.15, -0.1) is 11.3 Å². The number of amides is 1. The number of hydrogen-bond acceptors (Lipinski definition) is 3. The van der Waals surface area contributed by atoms with Crippen molar-refractivity contribution in [3.05, 3.63) is 87.6 Å². The SMILES string of the molecule is CC(NC(c1ccccc1)c1cccs1)C(=O)Nc1cccc(Cl)c1. The molecule has 3 aromatic rings. The highest BCUT2D eigenvalue weighted by Crippen LogP contribution is 2.26. The van der Waals surface area contributed by atoms with Crippen molar-refractivity contribution >= 4 is 34.5 Å². The number of halogens is 1. The van der Waals surface area contributed by atoms with E-state index in [4.69, 9.17) is 11.6 Å². The maximum absolute atomic E-state index is 12.5. The molecule has 2 unspecified atom stereocenters. The summed E-state index contributed by atoms with van der Waals surface area (Å²) in [5.41, 5.74) is 1.82. The Morgan fingerprint density at radius 2 is 1.84 bits per heavy atom. The van der Waals surface area contributed by atoms with Crippen molar-refractivity contribution in [1.29, 1.82) is 0 Å². The van der Waals surface area contributed by atoms with E-state index in [9.17, 15) is 4.79 Å². The van der Waals surface area contributed by atoms with E-state index >= 15 is 0 Å². The van der Waals surface area contributed by atoms with Crippen LogP contribution in [0, 0.1) is 0 Å². The molecule has 1 heterocycles. The molecule has 3 rings (SSSR count). The zero-order valence-corrected chi connectivity index (χ0v) is 15.3. The Morgan fingerprint density at radius 1 is 1.04 bits per heavy atom. The van der Waals surface area contributed by atoms with E-state index in [1.54, 1.807) is 23.5 Å². The molecule has 1 aromatic heterocycles. The summed E-state index contributed by atoms with van der Waals surface area (Å²) in [5.74, 6) is -0.0975. The standard InChI is InChI=1S/C20H19ClN2OS/c1-14(20(24)23-17-10-5-9-16(21)13-17)22-19(18-11-6-12-25-18)15-7-3-2-4-8-15/h2-14,19,22H,1H3,(H,23,24). The number of anilines is 1. The van der Waals surface area contributed by atoms with E-state index in [0.717, 1.165) is 5.56 Å². The minimum absolute atomic E-state index is 0.0266. The molecule has 0 aliphatic rings. The topological polar surface area (TPSA) is 41.1 Å². The van der Waals surface area contributed by atoms with Crippen molar-refractivity contribution in [2.24, 2.45) is 0 Å². The molecule has 128 valence electrons. The van der Waals surface area contributed by atoms with Crippen LogP contribution >= 0.6 is 22.9 Å². The zero-order valence-electron chi connectivity index (χ0n) is 13.8. The first-order valence-corrected chi connectivity index (χ1v) is 9.30. The minimum Gasteiger partial charge on any atom is -0.325 e. The summed E-state index contributed by atoms with van der Waals surface area (Å²) in [7, 11) is 0. The lowest BCUT2D eigenvalue weighted by molar-refractivity contribution is -0.117. The highest BCUT2D eigenvalue weighted by atomic mass is 35.5. The lowest BCUT2D eigenvalue weighted by Crippen LogP contribution is -2.40. The second-order valence-corrected chi connectivity index (χ2v) is 7.16. The van der Waals surface area contributed by atoms with Gasteiger partial charge in [-0.05, 0) is 42.1 Å². The molecule has 0 saturated heterocycles. The minimum atomic E-state index is -0.369. The second kappa shape index (κ2) is 8.30. The first-order valence-electron chi connectivity index (χ1n) is 8.04. The number of hydrogen-bond donors (Lipinski definition) is 2. The quantitative estimate of drug-likeness (QED) is 0.633. The normalized spacial score (nSPS) is 13.2. The summed E-state index contributed by atoms with van der Waals surface area (Å²) >= 11 is 7.65. The van der Waals surface area contributed by atoms with Crippen LogP contribution in [0.2, 0.25) is 5.02 Å². The molecule has 2 N–H and O–H groups in total. The van der Waals surface area contributed by atoms with Gasteiger partial charge in [-0.3, -0.25) is 10.1 Å². The van der Waals surface area contributed by atoms with Gasteiger partial charge < -0.3 is 5.32 Å². The maximum atomic E-state index is 12.5. The fraction of sp³-hybridized carbons (Fsp3) is 0.150. The number of thiophene rings is 1. The van der Waals surface area contributed by atoms with Gasteiger partial charge in [0, 0.05) is 15.6 Å². The van der Waals surface area contributed by atoms with Gasteiger partial charge in [-0.1, -0.05) is 54.1 Å². The van der Waals surface area contributed by atoms with Crippen LogP contribution in [0.25, 0.3) is 0 Å². The molecule has 0 aliphatic carbocycles.